The number of ether oxygens (including phenoxy) is 2. The minimum absolute atomic E-state index is 0.0234. The summed E-state index contributed by atoms with van der Waals surface area (Å²) in [7, 11) is 2.68. The lowest BCUT2D eigenvalue weighted by atomic mass is 10.0. The van der Waals surface area contributed by atoms with Crippen LogP contribution < -0.4 is 9.47 Å². The Morgan fingerprint density at radius 2 is 2.00 bits per heavy atom. The van der Waals surface area contributed by atoms with Gasteiger partial charge in [0.1, 0.15) is 11.5 Å². The number of hydrogen-bond donors (Lipinski definition) is 1. The second kappa shape index (κ2) is 5.66. The monoisotopic (exact) mass is 260 g/mol. The largest absolute Gasteiger partial charge is 0.497 e. The number of carboxylic acids is 1. The van der Waals surface area contributed by atoms with Gasteiger partial charge in [0, 0.05) is 12.5 Å². The highest BCUT2D eigenvalue weighted by Crippen LogP contribution is 2.40. The zero-order valence-electron chi connectivity index (χ0n) is 10.1. The normalized spacial score (nSPS) is 11.1. The van der Waals surface area contributed by atoms with Gasteiger partial charge in [-0.05, 0) is 12.1 Å². The van der Waals surface area contributed by atoms with Crippen LogP contribution in [0.4, 0.5) is 8.78 Å². The summed E-state index contributed by atoms with van der Waals surface area (Å²) in [6.45, 7) is 0. The second-order valence-electron chi connectivity index (χ2n) is 3.66. The van der Waals surface area contributed by atoms with Gasteiger partial charge in [-0.15, -0.1) is 0 Å². The molecule has 0 fully saturated rings. The average Bonchev–Trinajstić information content (AvgIpc) is 2.35. The van der Waals surface area contributed by atoms with E-state index in [1.807, 2.05) is 0 Å². The van der Waals surface area contributed by atoms with Crippen LogP contribution in [-0.2, 0) is 10.7 Å². The van der Waals surface area contributed by atoms with Crippen LogP contribution in [0.1, 0.15) is 18.4 Å². The Balaban J connectivity index is 3.02. The van der Waals surface area contributed by atoms with Crippen molar-refractivity contribution in [3.05, 3.63) is 23.8 Å². The maximum atomic E-state index is 13.8. The topological polar surface area (TPSA) is 55.8 Å². The molecule has 18 heavy (non-hydrogen) atoms. The first-order valence-corrected chi connectivity index (χ1v) is 5.23. The molecule has 1 aromatic rings. The number of hydrogen-bond acceptors (Lipinski definition) is 3. The summed E-state index contributed by atoms with van der Waals surface area (Å²) in [5, 5.41) is 8.45. The highest BCUT2D eigenvalue weighted by Gasteiger charge is 2.35. The first-order chi connectivity index (χ1) is 8.40. The van der Waals surface area contributed by atoms with Crippen molar-refractivity contribution in [2.75, 3.05) is 14.2 Å². The van der Waals surface area contributed by atoms with Gasteiger partial charge in [-0.1, -0.05) is 0 Å². The van der Waals surface area contributed by atoms with Gasteiger partial charge in [0.2, 0.25) is 0 Å². The summed E-state index contributed by atoms with van der Waals surface area (Å²) < 4.78 is 37.4. The van der Waals surface area contributed by atoms with Crippen LogP contribution in [0.25, 0.3) is 0 Å². The van der Waals surface area contributed by atoms with Crippen molar-refractivity contribution >= 4 is 5.97 Å². The molecule has 1 N–H and O–H groups in total. The lowest BCUT2D eigenvalue weighted by molar-refractivity contribution is -0.139. The van der Waals surface area contributed by atoms with Crippen molar-refractivity contribution in [2.24, 2.45) is 0 Å². The average molecular weight is 260 g/mol. The smallest absolute Gasteiger partial charge is 0.303 e. The van der Waals surface area contributed by atoms with Crippen LogP contribution in [0.2, 0.25) is 0 Å². The van der Waals surface area contributed by atoms with Crippen LogP contribution >= 0.6 is 0 Å². The highest BCUT2D eigenvalue weighted by molar-refractivity contribution is 5.66. The van der Waals surface area contributed by atoms with Crippen molar-refractivity contribution in [3.63, 3.8) is 0 Å². The van der Waals surface area contributed by atoms with E-state index in [4.69, 9.17) is 14.6 Å². The molecule has 0 radical (unpaired) electrons. The summed E-state index contributed by atoms with van der Waals surface area (Å²) >= 11 is 0. The van der Waals surface area contributed by atoms with Crippen LogP contribution in [-0.4, -0.2) is 25.3 Å². The van der Waals surface area contributed by atoms with E-state index in [0.717, 1.165) is 0 Å². The minimum atomic E-state index is -3.25. The lowest BCUT2D eigenvalue weighted by Gasteiger charge is -2.19. The van der Waals surface area contributed by atoms with Gasteiger partial charge in [0.05, 0.1) is 26.2 Å². The first kappa shape index (κ1) is 14.2. The zero-order valence-corrected chi connectivity index (χ0v) is 10.1. The van der Waals surface area contributed by atoms with E-state index >= 15 is 0 Å². The molecule has 0 aliphatic carbocycles. The van der Waals surface area contributed by atoms with E-state index in [1.165, 1.54) is 32.4 Å². The third kappa shape index (κ3) is 3.32. The standard InChI is InChI=1S/C12H14F2O4/c1-17-8-3-4-9(10(7-8)18-2)12(13,14)6-5-11(15)16/h3-4,7H,5-6H2,1-2H3,(H,15,16). The van der Waals surface area contributed by atoms with Crippen LogP contribution in [0.3, 0.4) is 0 Å². The Morgan fingerprint density at radius 3 is 2.50 bits per heavy atom. The number of carboxylic acid groups (broad SMARTS) is 1. The number of methoxy groups -OCH3 is 2. The van der Waals surface area contributed by atoms with E-state index in [-0.39, 0.29) is 11.3 Å². The molecule has 0 aliphatic heterocycles. The molecule has 0 saturated carbocycles. The Labute approximate surface area is 103 Å². The van der Waals surface area contributed by atoms with Gasteiger partial charge in [0.15, 0.2) is 0 Å². The fourth-order valence-electron chi connectivity index (χ4n) is 1.50. The molecule has 100 valence electrons. The van der Waals surface area contributed by atoms with Gasteiger partial charge in [-0.3, -0.25) is 4.79 Å². The first-order valence-electron chi connectivity index (χ1n) is 5.23. The molecular formula is C12H14F2O4. The Kier molecular flexibility index (Phi) is 4.47. The molecule has 6 heteroatoms. The molecule has 0 amide bonds. The molecule has 0 unspecified atom stereocenters. The predicted octanol–water partition coefficient (Wildman–Crippen LogP) is 2.66. The van der Waals surface area contributed by atoms with E-state index in [0.29, 0.717) is 5.75 Å². The number of halogens is 2. The minimum Gasteiger partial charge on any atom is -0.497 e. The molecule has 0 aromatic heterocycles. The number of carbonyl (C=O) groups is 1. The molecular weight excluding hydrogens is 246 g/mol. The molecule has 1 rings (SSSR count). The zero-order chi connectivity index (χ0) is 13.8. The van der Waals surface area contributed by atoms with Gasteiger partial charge in [-0.2, -0.15) is 0 Å². The summed E-state index contributed by atoms with van der Waals surface area (Å²) in [6, 6.07) is 3.90. The molecule has 1 aromatic carbocycles. The summed E-state index contributed by atoms with van der Waals surface area (Å²) in [4.78, 5) is 10.3. The predicted molar refractivity (Wildman–Crippen MR) is 60.3 cm³/mol. The highest BCUT2D eigenvalue weighted by atomic mass is 19.3. The maximum absolute atomic E-state index is 13.8. The number of aliphatic carboxylic acids is 1. The molecule has 0 heterocycles. The number of rotatable bonds is 6. The molecule has 0 aliphatic rings. The maximum Gasteiger partial charge on any atom is 0.303 e. The fourth-order valence-corrected chi connectivity index (χ4v) is 1.50. The summed E-state index contributed by atoms with van der Waals surface area (Å²) in [6.07, 6.45) is -1.38. The van der Waals surface area contributed by atoms with Crippen LogP contribution in [0.5, 0.6) is 11.5 Å². The summed E-state index contributed by atoms with van der Waals surface area (Å²) in [5.41, 5.74) is -0.341. The Morgan fingerprint density at radius 1 is 1.33 bits per heavy atom. The Hall–Kier alpha value is -1.85. The molecule has 0 atom stereocenters. The quantitative estimate of drug-likeness (QED) is 0.854. The van der Waals surface area contributed by atoms with Crippen LogP contribution in [0, 0.1) is 0 Å². The number of benzene rings is 1. The van der Waals surface area contributed by atoms with E-state index in [1.54, 1.807) is 0 Å². The molecule has 4 nitrogen and oxygen atoms in total. The van der Waals surface area contributed by atoms with E-state index in [2.05, 4.69) is 0 Å². The van der Waals surface area contributed by atoms with E-state index < -0.39 is 24.7 Å². The van der Waals surface area contributed by atoms with Crippen molar-refractivity contribution in [1.82, 2.24) is 0 Å². The molecule has 0 bridgehead atoms. The SMILES string of the molecule is COc1ccc(C(F)(F)CCC(=O)O)c(OC)c1. The van der Waals surface area contributed by atoms with E-state index in [9.17, 15) is 13.6 Å². The van der Waals surface area contributed by atoms with Crippen molar-refractivity contribution in [1.29, 1.82) is 0 Å². The fraction of sp³-hybridized carbons (Fsp3) is 0.417. The molecule has 0 spiro atoms. The third-order valence-corrected chi connectivity index (χ3v) is 2.46. The van der Waals surface area contributed by atoms with Gasteiger partial charge in [-0.25, -0.2) is 8.78 Å². The third-order valence-electron chi connectivity index (χ3n) is 2.46. The van der Waals surface area contributed by atoms with Gasteiger partial charge < -0.3 is 14.6 Å². The lowest BCUT2D eigenvalue weighted by Crippen LogP contribution is -2.16. The van der Waals surface area contributed by atoms with Gasteiger partial charge in [0.25, 0.3) is 5.92 Å². The second-order valence-corrected chi connectivity index (χ2v) is 3.66. The summed E-state index contributed by atoms with van der Waals surface area (Å²) in [5.74, 6) is -4.15. The van der Waals surface area contributed by atoms with Crippen LogP contribution in [0.15, 0.2) is 18.2 Å². The number of alkyl halides is 2. The van der Waals surface area contributed by atoms with Crippen molar-refractivity contribution in [3.8, 4) is 11.5 Å². The molecule has 0 saturated heterocycles. The van der Waals surface area contributed by atoms with Gasteiger partial charge >= 0.3 is 5.97 Å². The van der Waals surface area contributed by atoms with Crippen molar-refractivity contribution < 1.29 is 28.2 Å². The van der Waals surface area contributed by atoms with Crippen molar-refractivity contribution in [2.45, 2.75) is 18.8 Å². The Bertz CT molecular complexity index is 432.